The molecule has 0 aromatic heterocycles. The van der Waals surface area contributed by atoms with Crippen LogP contribution in [0.4, 0.5) is 8.78 Å². The summed E-state index contributed by atoms with van der Waals surface area (Å²) in [4.78, 5) is 11.6. The number of nitrogens with one attached hydrogen (secondary N) is 2. The maximum atomic E-state index is 12.5. The molecule has 0 aliphatic carbocycles. The second kappa shape index (κ2) is 8.22. The summed E-state index contributed by atoms with van der Waals surface area (Å²) in [5, 5.41) is 6.08. The van der Waals surface area contributed by atoms with Gasteiger partial charge in [-0.1, -0.05) is 6.92 Å². The molecule has 1 fully saturated rings. The standard InChI is InChI=1S/C15H20F2N2O3S.ClH/c1-15(6-8-18-9-7-15)10-19-13(20)11-2-4-12(5-3-11)23(21,22)14(16)17;/h2-5,14,18H,6-10H2,1H3,(H,19,20);1H. The molecule has 1 aliphatic rings. The van der Waals surface area contributed by atoms with Crippen molar-refractivity contribution in [2.75, 3.05) is 19.6 Å². The molecule has 0 saturated carbocycles. The molecule has 1 aromatic rings. The summed E-state index contributed by atoms with van der Waals surface area (Å²) in [6.07, 6.45) is 1.91. The lowest BCUT2D eigenvalue weighted by Gasteiger charge is -2.34. The molecule has 1 aliphatic heterocycles. The summed E-state index contributed by atoms with van der Waals surface area (Å²) in [7, 11) is -4.63. The van der Waals surface area contributed by atoms with Gasteiger partial charge >= 0.3 is 5.76 Å². The Morgan fingerprint density at radius 3 is 2.29 bits per heavy atom. The lowest BCUT2D eigenvalue weighted by atomic mass is 9.81. The van der Waals surface area contributed by atoms with Crippen molar-refractivity contribution in [2.24, 2.45) is 5.41 Å². The predicted octanol–water partition coefficient (Wildman–Crippen LogP) is 2.22. The molecule has 1 aromatic carbocycles. The molecule has 0 spiro atoms. The molecule has 2 rings (SSSR count). The normalized spacial score (nSPS) is 17.2. The molecule has 0 unspecified atom stereocenters. The maximum absolute atomic E-state index is 12.5. The largest absolute Gasteiger partial charge is 0.351 e. The van der Waals surface area contributed by atoms with Crippen LogP contribution in [0.1, 0.15) is 30.1 Å². The average molecular weight is 383 g/mol. The van der Waals surface area contributed by atoms with E-state index in [1.54, 1.807) is 0 Å². The minimum atomic E-state index is -4.63. The molecule has 2 N–H and O–H groups in total. The molecule has 136 valence electrons. The van der Waals surface area contributed by atoms with Crippen LogP contribution in [0.25, 0.3) is 0 Å². The number of alkyl halides is 2. The van der Waals surface area contributed by atoms with Gasteiger partial charge in [-0.3, -0.25) is 4.79 Å². The number of rotatable bonds is 5. The maximum Gasteiger partial charge on any atom is 0.341 e. The average Bonchev–Trinajstić information content (AvgIpc) is 2.53. The van der Waals surface area contributed by atoms with Crippen LogP contribution in [0.5, 0.6) is 0 Å². The lowest BCUT2D eigenvalue weighted by molar-refractivity contribution is 0.0922. The Bertz CT molecular complexity index is 660. The molecule has 0 bridgehead atoms. The Labute approximate surface area is 146 Å². The molecule has 9 heteroatoms. The Morgan fingerprint density at radius 1 is 1.25 bits per heavy atom. The van der Waals surface area contributed by atoms with Gasteiger partial charge in [0.2, 0.25) is 9.84 Å². The first-order chi connectivity index (χ1) is 10.7. The molecule has 0 radical (unpaired) electrons. The Morgan fingerprint density at radius 2 is 1.79 bits per heavy atom. The third kappa shape index (κ3) is 4.87. The van der Waals surface area contributed by atoms with Crippen molar-refractivity contribution in [3.8, 4) is 0 Å². The number of amides is 1. The zero-order valence-corrected chi connectivity index (χ0v) is 14.9. The van der Waals surface area contributed by atoms with Gasteiger partial charge in [0.05, 0.1) is 4.90 Å². The fourth-order valence-electron chi connectivity index (χ4n) is 2.50. The Balaban J connectivity index is 0.00000288. The van der Waals surface area contributed by atoms with Gasteiger partial charge in [-0.25, -0.2) is 8.42 Å². The molecule has 24 heavy (non-hydrogen) atoms. The minimum Gasteiger partial charge on any atom is -0.351 e. The highest BCUT2D eigenvalue weighted by atomic mass is 35.5. The van der Waals surface area contributed by atoms with Crippen molar-refractivity contribution in [2.45, 2.75) is 30.4 Å². The highest BCUT2D eigenvalue weighted by Gasteiger charge is 2.28. The van der Waals surface area contributed by atoms with Crippen molar-refractivity contribution in [3.63, 3.8) is 0 Å². The fraction of sp³-hybridized carbons (Fsp3) is 0.533. The first kappa shape index (κ1) is 20.8. The number of hydrogen-bond donors (Lipinski definition) is 2. The highest BCUT2D eigenvalue weighted by molar-refractivity contribution is 7.91. The van der Waals surface area contributed by atoms with Crippen LogP contribution < -0.4 is 10.6 Å². The summed E-state index contributed by atoms with van der Waals surface area (Å²) in [5.74, 6) is -3.81. The van der Waals surface area contributed by atoms with E-state index >= 15 is 0 Å². The smallest absolute Gasteiger partial charge is 0.341 e. The van der Waals surface area contributed by atoms with E-state index < -0.39 is 20.5 Å². The van der Waals surface area contributed by atoms with E-state index in [2.05, 4.69) is 17.6 Å². The van der Waals surface area contributed by atoms with Crippen LogP contribution in [0, 0.1) is 5.41 Å². The van der Waals surface area contributed by atoms with Gasteiger partial charge in [-0.2, -0.15) is 8.78 Å². The summed E-state index contributed by atoms with van der Waals surface area (Å²) in [5.41, 5.74) is 0.274. The van der Waals surface area contributed by atoms with Crippen molar-refractivity contribution in [1.29, 1.82) is 0 Å². The topological polar surface area (TPSA) is 75.3 Å². The third-order valence-electron chi connectivity index (χ3n) is 4.17. The van der Waals surface area contributed by atoms with Crippen LogP contribution in [0.3, 0.4) is 0 Å². The fourth-order valence-corrected chi connectivity index (χ4v) is 3.22. The van der Waals surface area contributed by atoms with Crippen molar-refractivity contribution < 1.29 is 22.0 Å². The van der Waals surface area contributed by atoms with Gasteiger partial charge in [0, 0.05) is 12.1 Å². The molecule has 1 saturated heterocycles. The van der Waals surface area contributed by atoms with E-state index in [0.29, 0.717) is 6.54 Å². The number of piperidine rings is 1. The van der Waals surface area contributed by atoms with E-state index in [4.69, 9.17) is 0 Å². The van der Waals surface area contributed by atoms with Gasteiger partial charge < -0.3 is 10.6 Å². The number of benzene rings is 1. The van der Waals surface area contributed by atoms with Gasteiger partial charge in [0.25, 0.3) is 5.91 Å². The lowest BCUT2D eigenvalue weighted by Crippen LogP contribution is -2.42. The summed E-state index contributed by atoms with van der Waals surface area (Å²) in [6.45, 7) is 4.44. The van der Waals surface area contributed by atoms with E-state index in [-0.39, 0.29) is 29.3 Å². The van der Waals surface area contributed by atoms with Gasteiger partial charge in [0.1, 0.15) is 0 Å². The highest BCUT2D eigenvalue weighted by Crippen LogP contribution is 2.26. The Kier molecular flexibility index (Phi) is 7.12. The van der Waals surface area contributed by atoms with Crippen LogP contribution in [0.15, 0.2) is 29.2 Å². The zero-order chi connectivity index (χ0) is 17.1. The van der Waals surface area contributed by atoms with E-state index in [1.165, 1.54) is 12.1 Å². The Hall–Kier alpha value is -1.25. The molecule has 1 heterocycles. The second-order valence-electron chi connectivity index (χ2n) is 6.07. The molecule has 0 atom stereocenters. The summed E-state index contributed by atoms with van der Waals surface area (Å²) in [6, 6.07) is 4.55. The summed E-state index contributed by atoms with van der Waals surface area (Å²) < 4.78 is 47.6. The number of sulfone groups is 1. The van der Waals surface area contributed by atoms with Gasteiger partial charge in [-0.05, 0) is 55.6 Å². The predicted molar refractivity (Wildman–Crippen MR) is 89.4 cm³/mol. The van der Waals surface area contributed by atoms with Crippen molar-refractivity contribution in [3.05, 3.63) is 29.8 Å². The quantitative estimate of drug-likeness (QED) is 0.818. The van der Waals surface area contributed by atoms with Crippen LogP contribution in [-0.4, -0.2) is 39.7 Å². The van der Waals surface area contributed by atoms with Crippen LogP contribution in [0.2, 0.25) is 0 Å². The van der Waals surface area contributed by atoms with Crippen LogP contribution >= 0.6 is 12.4 Å². The van der Waals surface area contributed by atoms with Gasteiger partial charge in [0.15, 0.2) is 0 Å². The van der Waals surface area contributed by atoms with Gasteiger partial charge in [-0.15, -0.1) is 12.4 Å². The third-order valence-corrected chi connectivity index (χ3v) is 5.56. The molecular weight excluding hydrogens is 362 g/mol. The SMILES string of the molecule is CC1(CNC(=O)c2ccc(S(=O)(=O)C(F)F)cc2)CCNCC1.Cl. The van der Waals surface area contributed by atoms with Crippen molar-refractivity contribution >= 4 is 28.2 Å². The zero-order valence-electron chi connectivity index (χ0n) is 13.2. The monoisotopic (exact) mass is 382 g/mol. The second-order valence-corrected chi connectivity index (χ2v) is 7.99. The molecular formula is C15H21ClF2N2O3S. The van der Waals surface area contributed by atoms with E-state index in [9.17, 15) is 22.0 Å². The first-order valence-corrected chi connectivity index (χ1v) is 8.90. The molecule has 5 nitrogen and oxygen atoms in total. The van der Waals surface area contributed by atoms with E-state index in [1.807, 2.05) is 0 Å². The van der Waals surface area contributed by atoms with Crippen molar-refractivity contribution in [1.82, 2.24) is 10.6 Å². The minimum absolute atomic E-state index is 0. The summed E-state index contributed by atoms with van der Waals surface area (Å²) >= 11 is 0. The van der Waals surface area contributed by atoms with E-state index in [0.717, 1.165) is 38.1 Å². The first-order valence-electron chi connectivity index (χ1n) is 7.36. The van der Waals surface area contributed by atoms with Crippen LogP contribution in [-0.2, 0) is 9.84 Å². The molecule has 1 amide bonds. The number of carbonyl (C=O) groups excluding carboxylic acids is 1. The number of hydrogen-bond acceptors (Lipinski definition) is 4. The number of carbonyl (C=O) groups is 1. The number of halogens is 3.